The van der Waals surface area contributed by atoms with Crippen LogP contribution in [0.25, 0.3) is 0 Å². The summed E-state index contributed by atoms with van der Waals surface area (Å²) in [6.45, 7) is 2.17. The highest BCUT2D eigenvalue weighted by atomic mass is 16.3. The number of hydrogen-bond donors (Lipinski definition) is 2. The van der Waals surface area contributed by atoms with Gasteiger partial charge in [0.15, 0.2) is 0 Å². The van der Waals surface area contributed by atoms with Crippen molar-refractivity contribution in [2.75, 3.05) is 0 Å². The van der Waals surface area contributed by atoms with Gasteiger partial charge in [-0.15, -0.1) is 0 Å². The van der Waals surface area contributed by atoms with Crippen molar-refractivity contribution in [2.24, 2.45) is 11.8 Å². The summed E-state index contributed by atoms with van der Waals surface area (Å²) in [7, 11) is 0. The zero-order chi connectivity index (χ0) is 14.0. The van der Waals surface area contributed by atoms with Gasteiger partial charge in [-0.1, -0.05) is 49.6 Å². The predicted molar refractivity (Wildman–Crippen MR) is 82.2 cm³/mol. The molecule has 0 aromatic heterocycles. The molecule has 1 aromatic rings. The van der Waals surface area contributed by atoms with Crippen molar-refractivity contribution in [1.29, 1.82) is 0 Å². The molecule has 2 N–H and O–H groups in total. The SMILES string of the molecule is CC(NC1(O)CCCC2CCCCC21)c1ccccc1. The smallest absolute Gasteiger partial charge is 0.119 e. The molecule has 2 aliphatic carbocycles. The van der Waals surface area contributed by atoms with Gasteiger partial charge < -0.3 is 5.11 Å². The van der Waals surface area contributed by atoms with E-state index in [2.05, 4.69) is 36.5 Å². The van der Waals surface area contributed by atoms with Crippen LogP contribution >= 0.6 is 0 Å². The zero-order valence-corrected chi connectivity index (χ0v) is 12.5. The molecule has 3 rings (SSSR count). The molecule has 4 atom stereocenters. The summed E-state index contributed by atoms with van der Waals surface area (Å²) in [4.78, 5) is 0. The van der Waals surface area contributed by atoms with Crippen molar-refractivity contribution in [3.63, 3.8) is 0 Å². The highest BCUT2D eigenvalue weighted by molar-refractivity contribution is 5.18. The van der Waals surface area contributed by atoms with Crippen LogP contribution in [0, 0.1) is 11.8 Å². The van der Waals surface area contributed by atoms with E-state index in [0.717, 1.165) is 18.8 Å². The Morgan fingerprint density at radius 1 is 1.10 bits per heavy atom. The molecule has 0 heterocycles. The Morgan fingerprint density at radius 2 is 1.80 bits per heavy atom. The minimum absolute atomic E-state index is 0.210. The molecular weight excluding hydrogens is 246 g/mol. The van der Waals surface area contributed by atoms with Gasteiger partial charge in [0.25, 0.3) is 0 Å². The molecule has 0 bridgehead atoms. The maximum atomic E-state index is 11.2. The minimum Gasteiger partial charge on any atom is -0.376 e. The molecule has 2 fully saturated rings. The first-order chi connectivity index (χ1) is 9.69. The third kappa shape index (κ3) is 2.77. The normalized spacial score (nSPS) is 35.3. The van der Waals surface area contributed by atoms with Crippen LogP contribution in [0.3, 0.4) is 0 Å². The first-order valence-electron chi connectivity index (χ1n) is 8.24. The van der Waals surface area contributed by atoms with Crippen molar-refractivity contribution in [3.8, 4) is 0 Å². The Labute approximate surface area is 122 Å². The largest absolute Gasteiger partial charge is 0.376 e. The fourth-order valence-electron chi connectivity index (χ4n) is 4.38. The quantitative estimate of drug-likeness (QED) is 0.815. The third-order valence-corrected chi connectivity index (χ3v) is 5.42. The average molecular weight is 273 g/mol. The maximum Gasteiger partial charge on any atom is 0.119 e. The molecule has 0 aliphatic heterocycles. The van der Waals surface area contributed by atoms with Gasteiger partial charge in [0, 0.05) is 12.0 Å². The van der Waals surface area contributed by atoms with E-state index in [0.29, 0.717) is 5.92 Å². The molecule has 20 heavy (non-hydrogen) atoms. The molecule has 1 aromatic carbocycles. The second kappa shape index (κ2) is 5.87. The van der Waals surface area contributed by atoms with Crippen molar-refractivity contribution in [3.05, 3.63) is 35.9 Å². The molecule has 2 saturated carbocycles. The van der Waals surface area contributed by atoms with Crippen LogP contribution in [0.5, 0.6) is 0 Å². The highest BCUT2D eigenvalue weighted by Gasteiger charge is 2.45. The van der Waals surface area contributed by atoms with E-state index in [1.807, 2.05) is 6.07 Å². The molecule has 4 unspecified atom stereocenters. The lowest BCUT2D eigenvalue weighted by Gasteiger charge is -2.48. The number of hydrogen-bond acceptors (Lipinski definition) is 2. The first kappa shape index (κ1) is 14.1. The van der Waals surface area contributed by atoms with Crippen LogP contribution in [-0.4, -0.2) is 10.8 Å². The molecular formula is C18H27NO. The van der Waals surface area contributed by atoms with Crippen LogP contribution < -0.4 is 5.32 Å². The summed E-state index contributed by atoms with van der Waals surface area (Å²) in [5.41, 5.74) is 0.609. The van der Waals surface area contributed by atoms with Gasteiger partial charge in [0.1, 0.15) is 5.72 Å². The number of nitrogens with one attached hydrogen (secondary N) is 1. The Bertz CT molecular complexity index is 430. The van der Waals surface area contributed by atoms with Gasteiger partial charge in [0.2, 0.25) is 0 Å². The van der Waals surface area contributed by atoms with Crippen molar-refractivity contribution < 1.29 is 5.11 Å². The summed E-state index contributed by atoms with van der Waals surface area (Å²) in [6, 6.07) is 10.7. The molecule has 0 spiro atoms. The van der Waals surface area contributed by atoms with Gasteiger partial charge >= 0.3 is 0 Å². The van der Waals surface area contributed by atoms with Gasteiger partial charge in [0.05, 0.1) is 0 Å². The third-order valence-electron chi connectivity index (χ3n) is 5.42. The van der Waals surface area contributed by atoms with E-state index in [1.54, 1.807) is 0 Å². The number of fused-ring (bicyclic) bond motifs is 1. The number of aliphatic hydroxyl groups is 1. The second-order valence-electron chi connectivity index (χ2n) is 6.74. The summed E-state index contributed by atoms with van der Waals surface area (Å²) in [5.74, 6) is 1.19. The van der Waals surface area contributed by atoms with Gasteiger partial charge in [-0.2, -0.15) is 0 Å². The predicted octanol–water partition coefficient (Wildman–Crippen LogP) is 4.02. The summed E-state index contributed by atoms with van der Waals surface area (Å²) in [6.07, 6.45) is 8.52. The number of rotatable bonds is 3. The first-order valence-corrected chi connectivity index (χ1v) is 8.24. The van der Waals surface area contributed by atoms with Gasteiger partial charge in [-0.3, -0.25) is 5.32 Å². The molecule has 2 heteroatoms. The van der Waals surface area contributed by atoms with Crippen LogP contribution in [0.4, 0.5) is 0 Å². The topological polar surface area (TPSA) is 32.3 Å². The van der Waals surface area contributed by atoms with Crippen molar-refractivity contribution in [2.45, 2.75) is 63.6 Å². The van der Waals surface area contributed by atoms with Crippen LogP contribution in [0.2, 0.25) is 0 Å². The lowest BCUT2D eigenvalue weighted by Crippen LogP contribution is -2.57. The molecule has 110 valence electrons. The van der Waals surface area contributed by atoms with E-state index in [1.165, 1.54) is 37.7 Å². The molecule has 0 radical (unpaired) electrons. The van der Waals surface area contributed by atoms with E-state index in [-0.39, 0.29) is 6.04 Å². The molecule has 0 amide bonds. The monoisotopic (exact) mass is 273 g/mol. The minimum atomic E-state index is -0.654. The Hall–Kier alpha value is -0.860. The lowest BCUT2D eigenvalue weighted by atomic mass is 9.66. The fourth-order valence-corrected chi connectivity index (χ4v) is 4.38. The van der Waals surface area contributed by atoms with Gasteiger partial charge in [-0.05, 0) is 44.1 Å². The average Bonchev–Trinajstić information content (AvgIpc) is 2.48. The van der Waals surface area contributed by atoms with Gasteiger partial charge in [-0.25, -0.2) is 0 Å². The van der Waals surface area contributed by atoms with E-state index in [4.69, 9.17) is 0 Å². The van der Waals surface area contributed by atoms with Crippen molar-refractivity contribution >= 4 is 0 Å². The van der Waals surface area contributed by atoms with Crippen LogP contribution in [-0.2, 0) is 0 Å². The number of benzene rings is 1. The molecule has 0 saturated heterocycles. The van der Waals surface area contributed by atoms with Crippen LogP contribution in [0.1, 0.15) is 63.5 Å². The Kier molecular flexibility index (Phi) is 4.13. The Balaban J connectivity index is 1.74. The maximum absolute atomic E-state index is 11.2. The van der Waals surface area contributed by atoms with Crippen molar-refractivity contribution in [1.82, 2.24) is 5.32 Å². The highest BCUT2D eigenvalue weighted by Crippen LogP contribution is 2.45. The van der Waals surface area contributed by atoms with Crippen LogP contribution in [0.15, 0.2) is 30.3 Å². The van der Waals surface area contributed by atoms with E-state index < -0.39 is 5.72 Å². The Morgan fingerprint density at radius 3 is 2.60 bits per heavy atom. The van der Waals surface area contributed by atoms with E-state index in [9.17, 15) is 5.11 Å². The summed E-state index contributed by atoms with van der Waals surface area (Å²) >= 11 is 0. The second-order valence-corrected chi connectivity index (χ2v) is 6.74. The lowest BCUT2D eigenvalue weighted by molar-refractivity contribution is -0.118. The summed E-state index contributed by atoms with van der Waals surface area (Å²) in [5, 5.41) is 14.8. The molecule has 2 aliphatic rings. The summed E-state index contributed by atoms with van der Waals surface area (Å²) < 4.78 is 0. The molecule has 2 nitrogen and oxygen atoms in total. The fraction of sp³-hybridized carbons (Fsp3) is 0.667. The standard InChI is InChI=1S/C18H27NO/c1-14(15-8-3-2-4-9-15)19-18(20)13-7-11-16-10-5-6-12-17(16)18/h2-4,8-9,14,16-17,19-20H,5-7,10-13H2,1H3. The van der Waals surface area contributed by atoms with E-state index >= 15 is 0 Å². The zero-order valence-electron chi connectivity index (χ0n) is 12.5.